The molecule has 0 aliphatic carbocycles. The van der Waals surface area contributed by atoms with Crippen LogP contribution in [0, 0.1) is 6.92 Å². The molecule has 7 heteroatoms. The highest BCUT2D eigenvalue weighted by Gasteiger charge is 2.21. The second kappa shape index (κ2) is 8.35. The van der Waals surface area contributed by atoms with E-state index >= 15 is 0 Å². The fourth-order valence-corrected chi connectivity index (χ4v) is 2.80. The highest BCUT2D eigenvalue weighted by molar-refractivity contribution is 6.00. The highest BCUT2D eigenvalue weighted by Crippen LogP contribution is 2.26. The minimum Gasteiger partial charge on any atom is -0.497 e. The van der Waals surface area contributed by atoms with Gasteiger partial charge in [0.05, 0.1) is 14.2 Å². The van der Waals surface area contributed by atoms with Crippen molar-refractivity contribution in [2.75, 3.05) is 20.8 Å². The summed E-state index contributed by atoms with van der Waals surface area (Å²) in [6.45, 7) is 2.17. The second-order valence-electron chi connectivity index (χ2n) is 5.88. The van der Waals surface area contributed by atoms with Crippen LogP contribution in [0.4, 0.5) is 0 Å². The van der Waals surface area contributed by atoms with Gasteiger partial charge in [-0.1, -0.05) is 11.2 Å². The number of amides is 1. The summed E-state index contributed by atoms with van der Waals surface area (Å²) in [5, 5.41) is 6.95. The van der Waals surface area contributed by atoms with Gasteiger partial charge in [0.15, 0.2) is 0 Å². The molecular weight excluding hydrogens is 346 g/mol. The maximum Gasteiger partial charge on any atom is 0.257 e. The number of ether oxygens (including phenoxy) is 2. The molecule has 2 aromatic heterocycles. The Kier molecular flexibility index (Phi) is 5.71. The third-order valence-corrected chi connectivity index (χ3v) is 4.22. The number of carbonyl (C=O) groups excluding carboxylic acids is 1. The van der Waals surface area contributed by atoms with Crippen LogP contribution < -0.4 is 14.8 Å². The number of nitrogens with one attached hydrogen (secondary N) is 1. The smallest absolute Gasteiger partial charge is 0.257 e. The number of aromatic nitrogens is 2. The monoisotopic (exact) mass is 367 g/mol. The third kappa shape index (κ3) is 4.08. The number of methoxy groups -OCH3 is 2. The Hall–Kier alpha value is -3.35. The Balaban J connectivity index is 1.70. The van der Waals surface area contributed by atoms with Crippen molar-refractivity contribution in [2.45, 2.75) is 13.3 Å². The Labute approximate surface area is 157 Å². The summed E-state index contributed by atoms with van der Waals surface area (Å²) >= 11 is 0. The van der Waals surface area contributed by atoms with Crippen molar-refractivity contribution in [3.63, 3.8) is 0 Å². The molecule has 140 valence electrons. The van der Waals surface area contributed by atoms with Gasteiger partial charge in [0.25, 0.3) is 5.91 Å². The molecule has 0 aliphatic heterocycles. The van der Waals surface area contributed by atoms with Gasteiger partial charge in [0, 0.05) is 30.6 Å². The number of hydrogen-bond donors (Lipinski definition) is 1. The molecule has 2 heterocycles. The number of benzene rings is 1. The second-order valence-corrected chi connectivity index (χ2v) is 5.88. The summed E-state index contributed by atoms with van der Waals surface area (Å²) in [7, 11) is 3.22. The molecule has 3 rings (SSSR count). The summed E-state index contributed by atoms with van der Waals surface area (Å²) in [5.74, 6) is 1.69. The Morgan fingerprint density at radius 1 is 1.15 bits per heavy atom. The van der Waals surface area contributed by atoms with E-state index in [-0.39, 0.29) is 5.91 Å². The molecule has 3 aromatic rings. The van der Waals surface area contributed by atoms with Gasteiger partial charge in [-0.05, 0) is 37.1 Å². The van der Waals surface area contributed by atoms with Gasteiger partial charge >= 0.3 is 0 Å². The number of carbonyl (C=O) groups is 1. The van der Waals surface area contributed by atoms with Crippen molar-refractivity contribution in [3.05, 3.63) is 59.6 Å². The molecule has 0 fully saturated rings. The fraction of sp³-hybridized carbons (Fsp3) is 0.250. The lowest BCUT2D eigenvalue weighted by Crippen LogP contribution is -2.26. The maximum atomic E-state index is 12.7. The molecule has 0 radical (unpaired) electrons. The normalized spacial score (nSPS) is 10.5. The van der Waals surface area contributed by atoms with E-state index in [2.05, 4.69) is 15.5 Å². The summed E-state index contributed by atoms with van der Waals surface area (Å²) < 4.78 is 15.8. The highest BCUT2D eigenvalue weighted by atomic mass is 16.5. The van der Waals surface area contributed by atoms with E-state index in [0.29, 0.717) is 30.0 Å². The first kappa shape index (κ1) is 18.4. The largest absolute Gasteiger partial charge is 0.497 e. The zero-order chi connectivity index (χ0) is 19.2. The van der Waals surface area contributed by atoms with E-state index in [1.165, 1.54) is 0 Å². The molecule has 1 amide bonds. The average molecular weight is 367 g/mol. The summed E-state index contributed by atoms with van der Waals surface area (Å²) in [4.78, 5) is 16.7. The molecule has 0 saturated heterocycles. The van der Waals surface area contributed by atoms with Crippen molar-refractivity contribution >= 4 is 5.91 Å². The average Bonchev–Trinajstić information content (AvgIpc) is 3.10. The third-order valence-electron chi connectivity index (χ3n) is 4.22. The number of rotatable bonds is 7. The predicted molar refractivity (Wildman–Crippen MR) is 100 cm³/mol. The molecule has 1 N–H and O–H groups in total. The molecule has 0 bridgehead atoms. The van der Waals surface area contributed by atoms with Crippen LogP contribution in [0.3, 0.4) is 0 Å². The van der Waals surface area contributed by atoms with Crippen LogP contribution in [0.15, 0.2) is 47.2 Å². The first-order chi connectivity index (χ1) is 13.1. The van der Waals surface area contributed by atoms with E-state index in [1.807, 2.05) is 18.2 Å². The zero-order valence-corrected chi connectivity index (χ0v) is 15.5. The first-order valence-electron chi connectivity index (χ1n) is 8.49. The van der Waals surface area contributed by atoms with Crippen LogP contribution >= 0.6 is 0 Å². The lowest BCUT2D eigenvalue weighted by Gasteiger charge is -2.11. The van der Waals surface area contributed by atoms with Gasteiger partial charge in [0.2, 0.25) is 0 Å². The lowest BCUT2D eigenvalue weighted by molar-refractivity contribution is 0.0953. The molecule has 0 atom stereocenters. The minimum atomic E-state index is -0.229. The van der Waals surface area contributed by atoms with Crippen LogP contribution in [0.25, 0.3) is 11.3 Å². The van der Waals surface area contributed by atoms with E-state index in [4.69, 9.17) is 14.0 Å². The molecule has 0 aliphatic rings. The molecule has 27 heavy (non-hydrogen) atoms. The van der Waals surface area contributed by atoms with E-state index in [9.17, 15) is 4.79 Å². The Morgan fingerprint density at radius 3 is 2.63 bits per heavy atom. The molecule has 1 aromatic carbocycles. The quantitative estimate of drug-likeness (QED) is 0.691. The summed E-state index contributed by atoms with van der Waals surface area (Å²) in [6.07, 6.45) is 3.92. The Bertz CT molecular complexity index is 922. The van der Waals surface area contributed by atoms with Crippen LogP contribution in [0.5, 0.6) is 11.5 Å². The van der Waals surface area contributed by atoms with Crippen molar-refractivity contribution in [1.82, 2.24) is 15.5 Å². The van der Waals surface area contributed by atoms with E-state index in [1.54, 1.807) is 45.7 Å². The van der Waals surface area contributed by atoms with Gasteiger partial charge in [-0.25, -0.2) is 0 Å². The molecular formula is C20H21N3O4. The van der Waals surface area contributed by atoms with Crippen LogP contribution in [-0.4, -0.2) is 36.8 Å². The first-order valence-corrected chi connectivity index (χ1v) is 8.49. The van der Waals surface area contributed by atoms with Gasteiger partial charge in [-0.2, -0.15) is 0 Å². The number of hydrogen-bond acceptors (Lipinski definition) is 6. The standard InChI is InChI=1S/C20H21N3O4/c1-13-18(19(23-27-13)15-6-9-21-10-7-15)20(24)22-11-8-14-4-5-16(25-2)12-17(14)26-3/h4-7,9-10,12H,8,11H2,1-3H3,(H,22,24). The van der Waals surface area contributed by atoms with Crippen LogP contribution in [0.2, 0.25) is 0 Å². The van der Waals surface area contributed by atoms with Crippen molar-refractivity contribution in [1.29, 1.82) is 0 Å². The van der Waals surface area contributed by atoms with Gasteiger partial charge in [-0.3, -0.25) is 9.78 Å². The maximum absolute atomic E-state index is 12.7. The number of nitrogens with zero attached hydrogens (tertiary/aromatic N) is 2. The molecule has 0 spiro atoms. The van der Waals surface area contributed by atoms with Gasteiger partial charge in [0.1, 0.15) is 28.5 Å². The van der Waals surface area contributed by atoms with E-state index in [0.717, 1.165) is 22.6 Å². The Morgan fingerprint density at radius 2 is 1.93 bits per heavy atom. The van der Waals surface area contributed by atoms with Crippen LogP contribution in [0.1, 0.15) is 21.7 Å². The fourth-order valence-electron chi connectivity index (χ4n) is 2.80. The number of pyridine rings is 1. The summed E-state index contributed by atoms with van der Waals surface area (Å²) in [5.41, 5.74) is 2.70. The van der Waals surface area contributed by atoms with Crippen molar-refractivity contribution < 1.29 is 18.8 Å². The molecule has 0 saturated carbocycles. The van der Waals surface area contributed by atoms with Crippen molar-refractivity contribution in [3.8, 4) is 22.8 Å². The lowest BCUT2D eigenvalue weighted by atomic mass is 10.1. The number of aryl methyl sites for hydroxylation is 1. The summed E-state index contributed by atoms with van der Waals surface area (Å²) in [6, 6.07) is 9.19. The van der Waals surface area contributed by atoms with Crippen LogP contribution in [-0.2, 0) is 6.42 Å². The zero-order valence-electron chi connectivity index (χ0n) is 15.5. The van der Waals surface area contributed by atoms with E-state index < -0.39 is 0 Å². The molecule has 0 unspecified atom stereocenters. The minimum absolute atomic E-state index is 0.229. The van der Waals surface area contributed by atoms with Gasteiger partial charge in [-0.15, -0.1) is 0 Å². The predicted octanol–water partition coefficient (Wildman–Crippen LogP) is 3.03. The topological polar surface area (TPSA) is 86.5 Å². The van der Waals surface area contributed by atoms with Crippen molar-refractivity contribution in [2.24, 2.45) is 0 Å². The van der Waals surface area contributed by atoms with Gasteiger partial charge < -0.3 is 19.3 Å². The molecule has 7 nitrogen and oxygen atoms in total. The SMILES string of the molecule is COc1ccc(CCNC(=O)c2c(-c3ccncc3)noc2C)c(OC)c1.